The minimum absolute atomic E-state index is 0.341. The van der Waals surface area contributed by atoms with Gasteiger partial charge in [0.15, 0.2) is 0 Å². The normalized spacial score (nSPS) is 22.8. The fourth-order valence-corrected chi connectivity index (χ4v) is 8.83. The molecule has 12 bridgehead atoms. The van der Waals surface area contributed by atoms with Crippen LogP contribution in [0.2, 0.25) is 0 Å². The molecule has 4 heterocycles. The Morgan fingerprint density at radius 3 is 0.615 bits per heavy atom. The van der Waals surface area contributed by atoms with Gasteiger partial charge in [0.2, 0.25) is 0 Å². The van der Waals surface area contributed by atoms with Gasteiger partial charge in [0.1, 0.15) is 23.0 Å². The molecular weight excluding hydrogens is 649 g/mol. The SMILES string of the molecule is Cc1cc2c(O)c(c1)CN1CCCCN3Cc4cc(C)cc(c4O)CN(CCCCN(Cc4cc(C)cc(c4O)C1)Cc1cc(C)cc(c1O)C3)C2. The third kappa shape index (κ3) is 8.26. The van der Waals surface area contributed by atoms with Gasteiger partial charge in [0, 0.05) is 96.9 Å². The second-order valence-corrected chi connectivity index (χ2v) is 16.0. The first kappa shape index (κ1) is 36.3. The smallest absolute Gasteiger partial charge is 0.124 e. The van der Waals surface area contributed by atoms with Gasteiger partial charge in [-0.25, -0.2) is 0 Å². The molecule has 0 unspecified atom stereocenters. The number of phenols is 4. The number of rotatable bonds is 0. The summed E-state index contributed by atoms with van der Waals surface area (Å²) in [5.41, 5.74) is 11.7. The first-order chi connectivity index (χ1) is 25.0. The lowest BCUT2D eigenvalue weighted by Gasteiger charge is -2.27. The average molecular weight is 705 g/mol. The zero-order valence-corrected chi connectivity index (χ0v) is 31.5. The van der Waals surface area contributed by atoms with Gasteiger partial charge < -0.3 is 20.4 Å². The van der Waals surface area contributed by atoms with Gasteiger partial charge in [-0.2, -0.15) is 0 Å². The number of aryl methyl sites for hydroxylation is 4. The summed E-state index contributed by atoms with van der Waals surface area (Å²) in [5, 5.41) is 47.5. The molecule has 8 heteroatoms. The molecule has 0 amide bonds. The van der Waals surface area contributed by atoms with Crippen LogP contribution in [0.3, 0.4) is 0 Å². The van der Waals surface area contributed by atoms with Crippen LogP contribution in [0.1, 0.15) is 92.4 Å². The van der Waals surface area contributed by atoms with Gasteiger partial charge in [-0.1, -0.05) is 70.8 Å². The summed E-state index contributed by atoms with van der Waals surface area (Å²) in [4.78, 5) is 9.50. The minimum Gasteiger partial charge on any atom is -0.507 e. The third-order valence-corrected chi connectivity index (χ3v) is 11.2. The molecule has 4 N–H and O–H groups in total. The van der Waals surface area contributed by atoms with Gasteiger partial charge in [-0.15, -0.1) is 0 Å². The maximum absolute atomic E-state index is 11.9. The quantitative estimate of drug-likeness (QED) is 0.148. The summed E-state index contributed by atoms with van der Waals surface area (Å²) in [6, 6.07) is 16.9. The van der Waals surface area contributed by atoms with E-state index in [-0.39, 0.29) is 0 Å². The van der Waals surface area contributed by atoms with E-state index in [9.17, 15) is 20.4 Å². The van der Waals surface area contributed by atoms with Gasteiger partial charge in [-0.05, 0) is 79.6 Å². The topological polar surface area (TPSA) is 93.9 Å². The maximum atomic E-state index is 11.9. The van der Waals surface area contributed by atoms with Gasteiger partial charge >= 0.3 is 0 Å². The first-order valence-corrected chi connectivity index (χ1v) is 19.1. The van der Waals surface area contributed by atoms with E-state index in [1.165, 1.54) is 0 Å². The molecule has 8 nitrogen and oxygen atoms in total. The summed E-state index contributed by atoms with van der Waals surface area (Å²) in [6.07, 6.45) is 3.64. The molecule has 52 heavy (non-hydrogen) atoms. The lowest BCUT2D eigenvalue weighted by molar-refractivity contribution is 0.217. The van der Waals surface area contributed by atoms with Crippen LogP contribution in [-0.4, -0.2) is 66.2 Å². The van der Waals surface area contributed by atoms with Crippen molar-refractivity contribution in [3.05, 3.63) is 115 Å². The molecule has 0 atom stereocenters. The van der Waals surface area contributed by atoms with Crippen molar-refractivity contribution in [1.82, 2.24) is 19.6 Å². The van der Waals surface area contributed by atoms with Crippen LogP contribution >= 0.6 is 0 Å². The molecule has 4 aliphatic rings. The molecule has 0 saturated heterocycles. The van der Waals surface area contributed by atoms with Crippen molar-refractivity contribution in [2.24, 2.45) is 0 Å². The summed E-state index contributed by atoms with van der Waals surface area (Å²) in [5.74, 6) is 1.36. The van der Waals surface area contributed by atoms with E-state index in [1.54, 1.807) is 0 Å². The van der Waals surface area contributed by atoms with E-state index in [2.05, 4.69) is 95.8 Å². The highest BCUT2D eigenvalue weighted by atomic mass is 16.3. The molecular formula is C44H56N4O4. The van der Waals surface area contributed by atoms with Crippen LogP contribution in [0, 0.1) is 27.7 Å². The summed E-state index contributed by atoms with van der Waals surface area (Å²) < 4.78 is 0. The Labute approximate surface area is 309 Å². The molecule has 0 radical (unpaired) electrons. The number of benzene rings is 4. The van der Waals surface area contributed by atoms with E-state index < -0.39 is 0 Å². The van der Waals surface area contributed by atoms with Gasteiger partial charge in [0.05, 0.1) is 0 Å². The number of aromatic hydroxyl groups is 4. The van der Waals surface area contributed by atoms with E-state index >= 15 is 0 Å². The molecule has 0 aromatic heterocycles. The van der Waals surface area contributed by atoms with Gasteiger partial charge in [-0.3, -0.25) is 19.6 Å². The van der Waals surface area contributed by atoms with Crippen molar-refractivity contribution in [2.75, 3.05) is 26.2 Å². The van der Waals surface area contributed by atoms with Crippen LogP contribution in [0.5, 0.6) is 23.0 Å². The zero-order chi connectivity index (χ0) is 36.5. The van der Waals surface area contributed by atoms with Crippen LogP contribution in [0.4, 0.5) is 0 Å². The summed E-state index contributed by atoms with van der Waals surface area (Å²) >= 11 is 0. The number of hydrogen-bond donors (Lipinski definition) is 4. The lowest BCUT2D eigenvalue weighted by Crippen LogP contribution is -2.27. The average Bonchev–Trinajstić information content (AvgIpc) is 3.08. The Balaban J connectivity index is 1.43. The predicted molar refractivity (Wildman–Crippen MR) is 206 cm³/mol. The molecule has 0 spiro atoms. The van der Waals surface area contributed by atoms with Crippen LogP contribution in [0.15, 0.2) is 48.5 Å². The van der Waals surface area contributed by atoms with Crippen LogP contribution in [0.25, 0.3) is 0 Å². The number of phenolic OH excluding ortho intramolecular Hbond substituents is 4. The standard InChI is InChI=1S/C44H56N4O4/c1-29-13-33-21-45-9-5-8-12-48-26-38-18-31(3)16-36(43(38)51)24-46(22-34(14-29)41(33)49)10-6-7-11-47(25-37-17-30(2)15-35(23-45)42(37)50)27-39-19-32(4)20-40(28-48)44(39)52/h13-20,49-52H,5-12,21-28H2,1-4H3. The highest BCUT2D eigenvalue weighted by Crippen LogP contribution is 2.35. The van der Waals surface area contributed by atoms with Crippen molar-refractivity contribution < 1.29 is 20.4 Å². The van der Waals surface area contributed by atoms with E-state index in [4.69, 9.17) is 0 Å². The van der Waals surface area contributed by atoms with Gasteiger partial charge in [0.25, 0.3) is 0 Å². The maximum Gasteiger partial charge on any atom is 0.124 e. The van der Waals surface area contributed by atoms with Crippen molar-refractivity contribution in [1.29, 1.82) is 0 Å². The van der Waals surface area contributed by atoms with Crippen molar-refractivity contribution in [2.45, 2.75) is 106 Å². The number of fused-ring (bicyclic) bond motifs is 6. The number of hydrogen-bond acceptors (Lipinski definition) is 8. The Kier molecular flexibility index (Phi) is 10.8. The van der Waals surface area contributed by atoms with Crippen molar-refractivity contribution in [3.63, 3.8) is 0 Å². The summed E-state index contributed by atoms with van der Waals surface area (Å²) in [7, 11) is 0. The molecule has 8 rings (SSSR count). The van der Waals surface area contributed by atoms with E-state index in [1.807, 2.05) is 0 Å². The molecule has 4 aliphatic heterocycles. The minimum atomic E-state index is 0.341. The molecule has 276 valence electrons. The highest BCUT2D eigenvalue weighted by molar-refractivity contribution is 5.48. The monoisotopic (exact) mass is 704 g/mol. The Morgan fingerprint density at radius 2 is 0.462 bits per heavy atom. The predicted octanol–water partition coefficient (Wildman–Crippen LogP) is 7.65. The molecule has 4 aromatic rings. The second-order valence-electron chi connectivity index (χ2n) is 16.0. The first-order valence-electron chi connectivity index (χ1n) is 19.1. The molecule has 4 aromatic carbocycles. The summed E-state index contributed by atoms with van der Waals surface area (Å²) in [6.45, 7) is 16.1. The fourth-order valence-electron chi connectivity index (χ4n) is 8.83. The molecule has 0 saturated carbocycles. The van der Waals surface area contributed by atoms with E-state index in [0.29, 0.717) is 75.4 Å². The highest BCUT2D eigenvalue weighted by Gasteiger charge is 2.24. The zero-order valence-electron chi connectivity index (χ0n) is 31.5. The Hall–Kier alpha value is -4.08. The fraction of sp³-hybridized carbons (Fsp3) is 0.455. The third-order valence-electron chi connectivity index (χ3n) is 11.2. The molecule has 0 aliphatic carbocycles. The molecule has 0 fully saturated rings. The lowest BCUT2D eigenvalue weighted by atomic mass is 10.0. The van der Waals surface area contributed by atoms with Crippen molar-refractivity contribution >= 4 is 0 Å². The van der Waals surface area contributed by atoms with Crippen LogP contribution < -0.4 is 0 Å². The second kappa shape index (κ2) is 15.5. The van der Waals surface area contributed by atoms with Crippen molar-refractivity contribution in [3.8, 4) is 23.0 Å². The Morgan fingerprint density at radius 1 is 0.308 bits per heavy atom. The van der Waals surface area contributed by atoms with Crippen LogP contribution in [-0.2, 0) is 52.4 Å². The number of nitrogens with zero attached hydrogens (tertiary/aromatic N) is 4. The van der Waals surface area contributed by atoms with E-state index in [0.717, 1.165) is 119 Å². The Bertz CT molecular complexity index is 1550. The largest absolute Gasteiger partial charge is 0.507 e.